The number of hydrogen-bond acceptors (Lipinski definition) is 3. The third-order valence-electron chi connectivity index (χ3n) is 5.64. The Balaban J connectivity index is 1.54. The van der Waals surface area contributed by atoms with E-state index in [0.717, 1.165) is 16.8 Å². The first-order chi connectivity index (χ1) is 15.6. The smallest absolute Gasteiger partial charge is 0.272 e. The maximum absolute atomic E-state index is 14.7. The van der Waals surface area contributed by atoms with Gasteiger partial charge in [0.1, 0.15) is 5.82 Å². The fraction of sp³-hybridized carbons (Fsp3) is 0.115. The van der Waals surface area contributed by atoms with Gasteiger partial charge in [0.15, 0.2) is 0 Å². The SMILES string of the molecule is O=C(/C=C/c1ccccc1)NC1N=C(c2ccccc2F)c2cccc3c2N(CC3)C1=O. The Morgan fingerprint density at radius 2 is 1.75 bits per heavy atom. The Bertz CT molecular complexity index is 1270. The van der Waals surface area contributed by atoms with E-state index in [9.17, 15) is 14.0 Å². The van der Waals surface area contributed by atoms with Crippen LogP contribution in [0.15, 0.2) is 83.9 Å². The lowest BCUT2D eigenvalue weighted by atomic mass is 9.98. The predicted molar refractivity (Wildman–Crippen MR) is 122 cm³/mol. The number of para-hydroxylation sites is 1. The van der Waals surface area contributed by atoms with Crippen molar-refractivity contribution in [3.8, 4) is 0 Å². The van der Waals surface area contributed by atoms with Gasteiger partial charge >= 0.3 is 0 Å². The molecular formula is C26H20FN3O2. The molecule has 158 valence electrons. The van der Waals surface area contributed by atoms with Gasteiger partial charge in [-0.3, -0.25) is 9.59 Å². The van der Waals surface area contributed by atoms with Crippen LogP contribution in [0.2, 0.25) is 0 Å². The van der Waals surface area contributed by atoms with Crippen LogP contribution >= 0.6 is 0 Å². The highest BCUT2D eigenvalue weighted by Gasteiger charge is 2.37. The lowest BCUT2D eigenvalue weighted by molar-refractivity contribution is -0.125. The maximum atomic E-state index is 14.7. The number of hydrogen-bond donors (Lipinski definition) is 1. The number of carbonyl (C=O) groups is 2. The highest BCUT2D eigenvalue weighted by molar-refractivity contribution is 6.21. The molecule has 2 heterocycles. The summed E-state index contributed by atoms with van der Waals surface area (Å²) in [5, 5.41) is 2.69. The van der Waals surface area contributed by atoms with E-state index in [0.29, 0.717) is 29.8 Å². The number of anilines is 1. The van der Waals surface area contributed by atoms with Crippen molar-refractivity contribution in [2.24, 2.45) is 4.99 Å². The van der Waals surface area contributed by atoms with Crippen LogP contribution in [-0.2, 0) is 16.0 Å². The number of carbonyl (C=O) groups excluding carboxylic acids is 2. The molecule has 3 aromatic rings. The molecule has 0 saturated heterocycles. The van der Waals surface area contributed by atoms with E-state index in [4.69, 9.17) is 0 Å². The van der Waals surface area contributed by atoms with E-state index in [2.05, 4.69) is 10.3 Å². The zero-order chi connectivity index (χ0) is 22.1. The Labute approximate surface area is 184 Å². The lowest BCUT2D eigenvalue weighted by Crippen LogP contribution is -2.46. The van der Waals surface area contributed by atoms with Crippen molar-refractivity contribution < 1.29 is 14.0 Å². The molecule has 0 bridgehead atoms. The molecule has 0 aliphatic carbocycles. The van der Waals surface area contributed by atoms with E-state index < -0.39 is 17.9 Å². The van der Waals surface area contributed by atoms with Crippen molar-refractivity contribution in [2.45, 2.75) is 12.6 Å². The Morgan fingerprint density at radius 3 is 2.56 bits per heavy atom. The minimum atomic E-state index is -1.16. The van der Waals surface area contributed by atoms with Crippen molar-refractivity contribution >= 4 is 29.3 Å². The second-order valence-corrected chi connectivity index (χ2v) is 7.67. The standard InChI is InChI=1S/C26H20FN3O2/c27-21-12-5-4-10-19(21)23-20-11-6-9-18-15-16-30(24(18)20)26(32)25(29-23)28-22(31)14-13-17-7-2-1-3-8-17/h1-14,25H,15-16H2,(H,28,31)/b14-13+. The van der Waals surface area contributed by atoms with Crippen LogP contribution in [-0.4, -0.2) is 30.2 Å². The molecule has 3 aromatic carbocycles. The predicted octanol–water partition coefficient (Wildman–Crippen LogP) is 3.72. The number of nitrogens with zero attached hydrogens (tertiary/aromatic N) is 2. The van der Waals surface area contributed by atoms with Gasteiger partial charge in [0, 0.05) is 23.7 Å². The zero-order valence-corrected chi connectivity index (χ0v) is 17.2. The third-order valence-corrected chi connectivity index (χ3v) is 5.64. The zero-order valence-electron chi connectivity index (χ0n) is 17.2. The van der Waals surface area contributed by atoms with Crippen molar-refractivity contribution in [1.29, 1.82) is 0 Å². The highest BCUT2D eigenvalue weighted by Crippen LogP contribution is 2.36. The van der Waals surface area contributed by atoms with Gasteiger partial charge in [-0.05, 0) is 35.8 Å². The number of aliphatic imine (C=N–C) groups is 1. The molecule has 0 radical (unpaired) electrons. The second kappa shape index (κ2) is 8.23. The van der Waals surface area contributed by atoms with Crippen molar-refractivity contribution in [3.63, 3.8) is 0 Å². The average Bonchev–Trinajstić information content (AvgIpc) is 3.21. The minimum Gasteiger partial charge on any atom is -0.323 e. The summed E-state index contributed by atoms with van der Waals surface area (Å²) >= 11 is 0. The van der Waals surface area contributed by atoms with Crippen LogP contribution < -0.4 is 10.2 Å². The van der Waals surface area contributed by atoms with Gasteiger partial charge in [0.05, 0.1) is 11.4 Å². The van der Waals surface area contributed by atoms with E-state index in [1.165, 1.54) is 12.1 Å². The van der Waals surface area contributed by atoms with E-state index in [1.54, 1.807) is 29.2 Å². The topological polar surface area (TPSA) is 61.8 Å². The molecule has 2 aliphatic rings. The number of amides is 2. The number of halogens is 1. The lowest BCUT2D eigenvalue weighted by Gasteiger charge is -2.20. The molecule has 5 rings (SSSR count). The van der Waals surface area contributed by atoms with Crippen LogP contribution in [0.1, 0.15) is 22.3 Å². The van der Waals surface area contributed by atoms with Crippen molar-refractivity contribution in [3.05, 3.63) is 107 Å². The van der Waals surface area contributed by atoms with Gasteiger partial charge in [-0.15, -0.1) is 0 Å². The molecule has 6 heteroatoms. The molecule has 5 nitrogen and oxygen atoms in total. The third kappa shape index (κ3) is 3.60. The largest absolute Gasteiger partial charge is 0.323 e. The normalized spacial score (nSPS) is 17.2. The first-order valence-corrected chi connectivity index (χ1v) is 10.4. The molecule has 2 aliphatic heterocycles. The summed E-state index contributed by atoms with van der Waals surface area (Å²) in [4.78, 5) is 32.2. The van der Waals surface area contributed by atoms with Crippen LogP contribution in [0.4, 0.5) is 10.1 Å². The first kappa shape index (κ1) is 19.9. The summed E-state index contributed by atoms with van der Waals surface area (Å²) in [5.74, 6) is -1.21. The molecular weight excluding hydrogens is 405 g/mol. The summed E-state index contributed by atoms with van der Waals surface area (Å²) in [7, 11) is 0. The summed E-state index contributed by atoms with van der Waals surface area (Å²) < 4.78 is 14.7. The van der Waals surface area contributed by atoms with E-state index in [1.807, 2.05) is 48.5 Å². The summed E-state index contributed by atoms with van der Waals surface area (Å²) in [6, 6.07) is 21.4. The first-order valence-electron chi connectivity index (χ1n) is 10.4. The fourth-order valence-electron chi connectivity index (χ4n) is 4.15. The van der Waals surface area contributed by atoms with Crippen molar-refractivity contribution in [1.82, 2.24) is 5.32 Å². The highest BCUT2D eigenvalue weighted by atomic mass is 19.1. The summed E-state index contributed by atoms with van der Waals surface area (Å²) in [5.41, 5.74) is 3.96. The van der Waals surface area contributed by atoms with E-state index in [-0.39, 0.29) is 5.91 Å². The molecule has 0 fully saturated rings. The van der Waals surface area contributed by atoms with Crippen LogP contribution in [0.25, 0.3) is 6.08 Å². The number of benzene rings is 3. The molecule has 1 unspecified atom stereocenters. The summed E-state index contributed by atoms with van der Waals surface area (Å²) in [6.07, 6.45) is 2.58. The van der Waals surface area contributed by atoms with Gasteiger partial charge in [0.2, 0.25) is 12.1 Å². The molecule has 32 heavy (non-hydrogen) atoms. The van der Waals surface area contributed by atoms with Gasteiger partial charge in [0.25, 0.3) is 5.91 Å². The Hall–Kier alpha value is -4.06. The fourth-order valence-corrected chi connectivity index (χ4v) is 4.15. The van der Waals surface area contributed by atoms with Gasteiger partial charge in [-0.2, -0.15) is 0 Å². The van der Waals surface area contributed by atoms with Crippen molar-refractivity contribution in [2.75, 3.05) is 11.4 Å². The number of nitrogens with one attached hydrogen (secondary N) is 1. The monoisotopic (exact) mass is 425 g/mol. The molecule has 1 atom stereocenters. The molecule has 0 saturated carbocycles. The van der Waals surface area contributed by atoms with Crippen LogP contribution in [0, 0.1) is 5.82 Å². The second-order valence-electron chi connectivity index (χ2n) is 7.67. The average molecular weight is 425 g/mol. The van der Waals surface area contributed by atoms with Crippen LogP contribution in [0.5, 0.6) is 0 Å². The molecule has 0 aromatic heterocycles. The van der Waals surface area contributed by atoms with Gasteiger partial charge in [-0.25, -0.2) is 9.38 Å². The minimum absolute atomic E-state index is 0.293. The van der Waals surface area contributed by atoms with E-state index >= 15 is 0 Å². The quantitative estimate of drug-likeness (QED) is 0.648. The number of rotatable bonds is 4. The maximum Gasteiger partial charge on any atom is 0.272 e. The van der Waals surface area contributed by atoms with Gasteiger partial charge in [-0.1, -0.05) is 60.7 Å². The Morgan fingerprint density at radius 1 is 1.00 bits per heavy atom. The summed E-state index contributed by atoms with van der Waals surface area (Å²) in [6.45, 7) is 0.497. The van der Waals surface area contributed by atoms with Crippen LogP contribution in [0.3, 0.4) is 0 Å². The molecule has 1 N–H and O–H groups in total. The van der Waals surface area contributed by atoms with Gasteiger partial charge < -0.3 is 10.2 Å². The molecule has 2 amide bonds. The molecule has 0 spiro atoms. The Kier molecular flexibility index (Phi) is 5.11.